The topological polar surface area (TPSA) is 53.1 Å². The Morgan fingerprint density at radius 3 is 2.04 bits per heavy atom. The normalized spacial score (nSPS) is 20.2. The Morgan fingerprint density at radius 1 is 0.964 bits per heavy atom. The molecule has 0 radical (unpaired) electrons. The standard InChI is InChI=1S/C22H31N3O3/c1-22(2)14-17-8-7-9-18(21(17)28-22)25(15-19(26)23-10-3-4-11-23)16-20(27)24-12-5-6-13-24/h7-9H,3-6,10-16H2,1-2H3. The molecule has 2 amide bonds. The lowest BCUT2D eigenvalue weighted by molar-refractivity contribution is -0.129. The number of carbonyl (C=O) groups is 2. The molecule has 0 spiro atoms. The molecule has 3 aliphatic rings. The summed E-state index contributed by atoms with van der Waals surface area (Å²) < 4.78 is 6.23. The minimum absolute atomic E-state index is 0.0987. The predicted octanol–water partition coefficient (Wildman–Crippen LogP) is 2.45. The maximum Gasteiger partial charge on any atom is 0.242 e. The zero-order chi connectivity index (χ0) is 19.7. The second-order valence-electron chi connectivity index (χ2n) is 8.84. The van der Waals surface area contributed by atoms with Crippen molar-refractivity contribution in [3.63, 3.8) is 0 Å². The number of carbonyl (C=O) groups excluding carboxylic acids is 2. The molecular weight excluding hydrogens is 354 g/mol. The quantitative estimate of drug-likeness (QED) is 0.781. The van der Waals surface area contributed by atoms with Crippen LogP contribution in [0.3, 0.4) is 0 Å². The van der Waals surface area contributed by atoms with E-state index in [0.29, 0.717) is 0 Å². The number of amides is 2. The third-order valence-corrected chi connectivity index (χ3v) is 5.98. The van der Waals surface area contributed by atoms with Crippen molar-refractivity contribution in [3.8, 4) is 5.75 Å². The fraction of sp³-hybridized carbons (Fsp3) is 0.636. The number of benzene rings is 1. The Balaban J connectivity index is 1.59. The second kappa shape index (κ2) is 7.64. The van der Waals surface area contributed by atoms with Gasteiger partial charge in [-0.1, -0.05) is 12.1 Å². The summed E-state index contributed by atoms with van der Waals surface area (Å²) in [5.41, 5.74) is 1.75. The molecule has 2 fully saturated rings. The summed E-state index contributed by atoms with van der Waals surface area (Å²) in [6, 6.07) is 6.07. The SMILES string of the molecule is CC1(C)Cc2cccc(N(CC(=O)N3CCCC3)CC(=O)N3CCCC3)c2O1. The highest BCUT2D eigenvalue weighted by molar-refractivity contribution is 5.88. The molecule has 0 saturated carbocycles. The van der Waals surface area contributed by atoms with E-state index in [1.807, 2.05) is 26.8 Å². The fourth-order valence-corrected chi connectivity index (χ4v) is 4.53. The molecule has 6 heteroatoms. The van der Waals surface area contributed by atoms with Gasteiger partial charge in [-0.2, -0.15) is 0 Å². The van der Waals surface area contributed by atoms with Crippen molar-refractivity contribution < 1.29 is 14.3 Å². The van der Waals surface area contributed by atoms with Gasteiger partial charge in [0.25, 0.3) is 0 Å². The van der Waals surface area contributed by atoms with Crippen LogP contribution in [0.2, 0.25) is 0 Å². The maximum atomic E-state index is 12.9. The Kier molecular flexibility index (Phi) is 5.21. The van der Waals surface area contributed by atoms with Gasteiger partial charge in [0.15, 0.2) is 0 Å². The van der Waals surface area contributed by atoms with Crippen LogP contribution >= 0.6 is 0 Å². The van der Waals surface area contributed by atoms with Crippen LogP contribution in [0.25, 0.3) is 0 Å². The summed E-state index contributed by atoms with van der Waals surface area (Å²) >= 11 is 0. The molecule has 28 heavy (non-hydrogen) atoms. The largest absolute Gasteiger partial charge is 0.485 e. The van der Waals surface area contributed by atoms with Crippen molar-refractivity contribution in [1.29, 1.82) is 0 Å². The molecule has 152 valence electrons. The van der Waals surface area contributed by atoms with Crippen molar-refractivity contribution in [1.82, 2.24) is 9.80 Å². The molecule has 1 aromatic rings. The molecule has 3 aliphatic heterocycles. The van der Waals surface area contributed by atoms with Crippen molar-refractivity contribution in [2.24, 2.45) is 0 Å². The minimum Gasteiger partial charge on any atom is -0.485 e. The van der Waals surface area contributed by atoms with Crippen molar-refractivity contribution in [3.05, 3.63) is 23.8 Å². The highest BCUT2D eigenvalue weighted by atomic mass is 16.5. The zero-order valence-electron chi connectivity index (χ0n) is 17.1. The molecule has 0 atom stereocenters. The molecule has 4 rings (SSSR count). The summed E-state index contributed by atoms with van der Waals surface area (Å²) in [7, 11) is 0. The highest BCUT2D eigenvalue weighted by Gasteiger charge is 2.34. The lowest BCUT2D eigenvalue weighted by Gasteiger charge is -2.29. The van der Waals surface area contributed by atoms with Crippen LogP contribution in [0.4, 0.5) is 5.69 Å². The molecule has 0 aromatic heterocycles. The van der Waals surface area contributed by atoms with Crippen LogP contribution in [0.15, 0.2) is 18.2 Å². The Morgan fingerprint density at radius 2 is 1.50 bits per heavy atom. The maximum absolute atomic E-state index is 12.9. The van der Waals surface area contributed by atoms with Gasteiger partial charge in [0, 0.05) is 38.2 Å². The molecule has 0 unspecified atom stereocenters. The third-order valence-electron chi connectivity index (χ3n) is 5.98. The van der Waals surface area contributed by atoms with E-state index in [0.717, 1.165) is 75.3 Å². The first kappa shape index (κ1) is 19.1. The van der Waals surface area contributed by atoms with Crippen LogP contribution in [-0.4, -0.2) is 66.5 Å². The van der Waals surface area contributed by atoms with Gasteiger partial charge in [0.1, 0.15) is 11.4 Å². The molecule has 6 nitrogen and oxygen atoms in total. The lowest BCUT2D eigenvalue weighted by Crippen LogP contribution is -2.44. The average Bonchev–Trinajstić information content (AvgIpc) is 3.39. The van der Waals surface area contributed by atoms with Gasteiger partial charge in [0.2, 0.25) is 11.8 Å². The number of hydrogen-bond donors (Lipinski definition) is 0. The molecule has 2 saturated heterocycles. The predicted molar refractivity (Wildman–Crippen MR) is 109 cm³/mol. The number of ether oxygens (including phenoxy) is 1. The number of anilines is 1. The summed E-state index contributed by atoms with van der Waals surface area (Å²) in [5, 5.41) is 0. The van der Waals surface area contributed by atoms with Crippen LogP contribution in [0.5, 0.6) is 5.75 Å². The first-order valence-electron chi connectivity index (χ1n) is 10.5. The zero-order valence-corrected chi connectivity index (χ0v) is 17.1. The number of nitrogens with zero attached hydrogens (tertiary/aromatic N) is 3. The molecule has 0 aliphatic carbocycles. The van der Waals surface area contributed by atoms with E-state index in [1.165, 1.54) is 0 Å². The van der Waals surface area contributed by atoms with E-state index in [1.54, 1.807) is 0 Å². The van der Waals surface area contributed by atoms with E-state index in [9.17, 15) is 9.59 Å². The van der Waals surface area contributed by atoms with Gasteiger partial charge in [-0.15, -0.1) is 0 Å². The third kappa shape index (κ3) is 3.96. The number of fused-ring (bicyclic) bond motifs is 1. The van der Waals surface area contributed by atoms with E-state index in [4.69, 9.17) is 4.74 Å². The van der Waals surface area contributed by atoms with Gasteiger partial charge in [-0.3, -0.25) is 9.59 Å². The van der Waals surface area contributed by atoms with Crippen molar-refractivity contribution in [2.45, 2.75) is 51.6 Å². The fourth-order valence-electron chi connectivity index (χ4n) is 4.53. The second-order valence-corrected chi connectivity index (χ2v) is 8.84. The van der Waals surface area contributed by atoms with Gasteiger partial charge in [0.05, 0.1) is 18.8 Å². The summed E-state index contributed by atoms with van der Waals surface area (Å²) in [6.45, 7) is 7.89. The molecular formula is C22H31N3O3. The lowest BCUT2D eigenvalue weighted by atomic mass is 10.0. The summed E-state index contributed by atoms with van der Waals surface area (Å²) in [4.78, 5) is 31.5. The number of hydrogen-bond acceptors (Lipinski definition) is 4. The summed E-state index contributed by atoms with van der Waals surface area (Å²) in [5.74, 6) is 1.03. The van der Waals surface area contributed by atoms with Crippen molar-refractivity contribution >= 4 is 17.5 Å². The summed E-state index contributed by atoms with van der Waals surface area (Å²) in [6.07, 6.45) is 5.10. The molecule has 0 bridgehead atoms. The Bertz CT molecular complexity index is 719. The van der Waals surface area contributed by atoms with Gasteiger partial charge in [-0.25, -0.2) is 0 Å². The first-order valence-corrected chi connectivity index (χ1v) is 10.5. The van der Waals surface area contributed by atoms with Crippen LogP contribution in [-0.2, 0) is 16.0 Å². The van der Waals surface area contributed by atoms with Crippen LogP contribution in [0, 0.1) is 0 Å². The van der Waals surface area contributed by atoms with E-state index in [2.05, 4.69) is 19.9 Å². The Labute approximate surface area is 167 Å². The monoisotopic (exact) mass is 385 g/mol. The van der Waals surface area contributed by atoms with Gasteiger partial charge >= 0.3 is 0 Å². The van der Waals surface area contributed by atoms with Gasteiger partial charge in [-0.05, 0) is 45.6 Å². The van der Waals surface area contributed by atoms with E-state index < -0.39 is 0 Å². The van der Waals surface area contributed by atoms with Crippen molar-refractivity contribution in [2.75, 3.05) is 44.2 Å². The number of likely N-dealkylation sites (tertiary alicyclic amines) is 2. The Hall–Kier alpha value is -2.24. The number of para-hydroxylation sites is 1. The highest BCUT2D eigenvalue weighted by Crippen LogP contribution is 2.42. The van der Waals surface area contributed by atoms with Gasteiger partial charge < -0.3 is 19.4 Å². The first-order chi connectivity index (χ1) is 13.4. The minimum atomic E-state index is -0.262. The van der Waals surface area contributed by atoms with Crippen LogP contribution in [0.1, 0.15) is 45.1 Å². The van der Waals surface area contributed by atoms with E-state index >= 15 is 0 Å². The molecule has 0 N–H and O–H groups in total. The molecule has 1 aromatic carbocycles. The van der Waals surface area contributed by atoms with E-state index in [-0.39, 0.29) is 30.5 Å². The molecule has 3 heterocycles. The smallest absolute Gasteiger partial charge is 0.242 e. The average molecular weight is 386 g/mol. The van der Waals surface area contributed by atoms with Crippen LogP contribution < -0.4 is 9.64 Å². The number of rotatable bonds is 5.